The predicted molar refractivity (Wildman–Crippen MR) is 75.3 cm³/mol. The third kappa shape index (κ3) is 2.14. The van der Waals surface area contributed by atoms with Gasteiger partial charge in [-0.1, -0.05) is 6.92 Å². The number of nitrogens with two attached hydrogens (primary N) is 1. The lowest BCUT2D eigenvalue weighted by Gasteiger charge is -2.19. The molecule has 2 N–H and O–H groups in total. The summed E-state index contributed by atoms with van der Waals surface area (Å²) in [6, 6.07) is 3.54. The maximum atomic E-state index is 13.9. The second-order valence-corrected chi connectivity index (χ2v) is 6.35. The van der Waals surface area contributed by atoms with Crippen LogP contribution in [0.2, 0.25) is 0 Å². The Balaban J connectivity index is 2.18. The molecule has 0 aliphatic heterocycles. The molecule has 1 atom stereocenters. The van der Waals surface area contributed by atoms with Crippen molar-refractivity contribution >= 4 is 16.3 Å². The second kappa shape index (κ2) is 4.60. The Bertz CT molecular complexity index is 633. The van der Waals surface area contributed by atoms with E-state index in [1.54, 1.807) is 0 Å². The SMILES string of the molecule is CC1CCc2c(sc(N)c2-c2cc(F)ccc2F)C1. The van der Waals surface area contributed by atoms with Gasteiger partial charge in [0.15, 0.2) is 0 Å². The summed E-state index contributed by atoms with van der Waals surface area (Å²) in [5.74, 6) is -0.206. The van der Waals surface area contributed by atoms with Crippen LogP contribution < -0.4 is 5.73 Å². The normalized spacial score (nSPS) is 18.4. The molecule has 100 valence electrons. The molecule has 1 aliphatic rings. The molecule has 0 amide bonds. The van der Waals surface area contributed by atoms with Gasteiger partial charge in [-0.2, -0.15) is 0 Å². The minimum absolute atomic E-state index is 0.296. The van der Waals surface area contributed by atoms with E-state index in [4.69, 9.17) is 5.73 Å². The van der Waals surface area contributed by atoms with Crippen LogP contribution >= 0.6 is 11.3 Å². The van der Waals surface area contributed by atoms with Gasteiger partial charge >= 0.3 is 0 Å². The molecule has 0 radical (unpaired) electrons. The standard InChI is InChI=1S/C15H15F2NS/c1-8-2-4-10-13(6-8)19-15(18)14(10)11-7-9(16)3-5-12(11)17/h3,5,7-8H,2,4,6,18H2,1H3. The molecular weight excluding hydrogens is 264 g/mol. The van der Waals surface area contributed by atoms with Crippen LogP contribution in [0.4, 0.5) is 13.8 Å². The van der Waals surface area contributed by atoms with E-state index in [2.05, 4.69) is 6.92 Å². The maximum Gasteiger partial charge on any atom is 0.131 e. The summed E-state index contributed by atoms with van der Waals surface area (Å²) in [6.45, 7) is 2.21. The molecule has 0 fully saturated rings. The van der Waals surface area contributed by atoms with Crippen LogP contribution in [0, 0.1) is 17.6 Å². The van der Waals surface area contributed by atoms with Gasteiger partial charge in [-0.25, -0.2) is 8.78 Å². The van der Waals surface area contributed by atoms with Crippen molar-refractivity contribution in [2.45, 2.75) is 26.2 Å². The fraction of sp³-hybridized carbons (Fsp3) is 0.333. The van der Waals surface area contributed by atoms with Crippen LogP contribution in [0.3, 0.4) is 0 Å². The second-order valence-electron chi connectivity index (χ2n) is 5.22. The minimum atomic E-state index is -0.431. The molecule has 1 nitrogen and oxygen atoms in total. The highest BCUT2D eigenvalue weighted by Gasteiger charge is 2.25. The summed E-state index contributed by atoms with van der Waals surface area (Å²) in [7, 11) is 0. The van der Waals surface area contributed by atoms with Gasteiger partial charge in [0, 0.05) is 16.0 Å². The van der Waals surface area contributed by atoms with E-state index in [0.29, 0.717) is 22.0 Å². The molecule has 0 saturated heterocycles. The highest BCUT2D eigenvalue weighted by molar-refractivity contribution is 7.16. The number of halogens is 2. The van der Waals surface area contributed by atoms with Crippen LogP contribution in [-0.4, -0.2) is 0 Å². The molecular formula is C15H15F2NS. The molecule has 1 unspecified atom stereocenters. The predicted octanol–water partition coefficient (Wildman–Crippen LogP) is 4.40. The van der Waals surface area contributed by atoms with Crippen molar-refractivity contribution < 1.29 is 8.78 Å². The number of hydrogen-bond acceptors (Lipinski definition) is 2. The molecule has 0 spiro atoms. The van der Waals surface area contributed by atoms with Crippen molar-refractivity contribution in [2.24, 2.45) is 5.92 Å². The van der Waals surface area contributed by atoms with Crippen molar-refractivity contribution in [1.82, 2.24) is 0 Å². The Morgan fingerprint density at radius 2 is 2.11 bits per heavy atom. The number of anilines is 1. The van der Waals surface area contributed by atoms with Gasteiger partial charge in [0.1, 0.15) is 11.6 Å². The average molecular weight is 279 g/mol. The Hall–Kier alpha value is -1.42. The lowest BCUT2D eigenvalue weighted by Crippen LogP contribution is -2.09. The van der Waals surface area contributed by atoms with Crippen molar-refractivity contribution in [3.63, 3.8) is 0 Å². The number of thiophene rings is 1. The molecule has 1 heterocycles. The lowest BCUT2D eigenvalue weighted by atomic mass is 9.86. The first-order chi connectivity index (χ1) is 9.06. The summed E-state index contributed by atoms with van der Waals surface area (Å²) in [4.78, 5) is 1.23. The van der Waals surface area contributed by atoms with Crippen LogP contribution in [0.15, 0.2) is 18.2 Å². The fourth-order valence-electron chi connectivity index (χ4n) is 2.76. The number of nitrogen functional groups attached to an aromatic ring is 1. The van der Waals surface area contributed by atoms with E-state index >= 15 is 0 Å². The summed E-state index contributed by atoms with van der Waals surface area (Å²) >= 11 is 1.52. The molecule has 1 aromatic heterocycles. The summed E-state index contributed by atoms with van der Waals surface area (Å²) in [6.07, 6.45) is 2.96. The Kier molecular flexibility index (Phi) is 3.05. The number of fused-ring (bicyclic) bond motifs is 1. The van der Waals surface area contributed by atoms with Crippen molar-refractivity contribution in [1.29, 1.82) is 0 Å². The van der Waals surface area contributed by atoms with Crippen LogP contribution in [0.1, 0.15) is 23.8 Å². The molecule has 4 heteroatoms. The van der Waals surface area contributed by atoms with Crippen molar-refractivity contribution in [3.8, 4) is 11.1 Å². The topological polar surface area (TPSA) is 26.0 Å². The smallest absolute Gasteiger partial charge is 0.131 e. The highest BCUT2D eigenvalue weighted by Crippen LogP contribution is 2.44. The first-order valence-electron chi connectivity index (χ1n) is 6.41. The number of benzene rings is 1. The van der Waals surface area contributed by atoms with E-state index < -0.39 is 11.6 Å². The first-order valence-corrected chi connectivity index (χ1v) is 7.23. The third-order valence-electron chi connectivity index (χ3n) is 3.74. The van der Waals surface area contributed by atoms with Gasteiger partial charge in [-0.05, 0) is 48.9 Å². The van der Waals surface area contributed by atoms with Gasteiger partial charge in [0.25, 0.3) is 0 Å². The van der Waals surface area contributed by atoms with Gasteiger partial charge in [0.2, 0.25) is 0 Å². The molecule has 2 aromatic rings. The van der Waals surface area contributed by atoms with Crippen molar-refractivity contribution in [2.75, 3.05) is 5.73 Å². The highest BCUT2D eigenvalue weighted by atomic mass is 32.1. The van der Waals surface area contributed by atoms with Gasteiger partial charge in [-0.15, -0.1) is 11.3 Å². The van der Waals surface area contributed by atoms with Crippen molar-refractivity contribution in [3.05, 3.63) is 40.3 Å². The summed E-state index contributed by atoms with van der Waals surface area (Å²) in [5, 5.41) is 0.601. The van der Waals surface area contributed by atoms with Gasteiger partial charge in [-0.3, -0.25) is 0 Å². The van der Waals surface area contributed by atoms with E-state index in [0.717, 1.165) is 30.9 Å². The van der Waals surface area contributed by atoms with Gasteiger partial charge in [0.05, 0.1) is 5.00 Å². The van der Waals surface area contributed by atoms with Crippen LogP contribution in [0.25, 0.3) is 11.1 Å². The Labute approximate surface area is 115 Å². The van der Waals surface area contributed by atoms with Crippen LogP contribution in [-0.2, 0) is 12.8 Å². The fourth-order valence-corrected chi connectivity index (χ4v) is 4.05. The number of hydrogen-bond donors (Lipinski definition) is 1. The monoisotopic (exact) mass is 279 g/mol. The van der Waals surface area contributed by atoms with Gasteiger partial charge < -0.3 is 5.73 Å². The zero-order valence-electron chi connectivity index (χ0n) is 10.7. The zero-order chi connectivity index (χ0) is 13.6. The van der Waals surface area contributed by atoms with E-state index in [-0.39, 0.29) is 0 Å². The molecule has 0 bridgehead atoms. The molecule has 0 saturated carbocycles. The minimum Gasteiger partial charge on any atom is -0.390 e. The molecule has 19 heavy (non-hydrogen) atoms. The van der Waals surface area contributed by atoms with E-state index in [9.17, 15) is 8.78 Å². The van der Waals surface area contributed by atoms with E-state index in [1.165, 1.54) is 28.3 Å². The van der Waals surface area contributed by atoms with Crippen LogP contribution in [0.5, 0.6) is 0 Å². The quantitative estimate of drug-likeness (QED) is 0.822. The lowest BCUT2D eigenvalue weighted by molar-refractivity contribution is 0.508. The maximum absolute atomic E-state index is 13.9. The molecule has 1 aromatic carbocycles. The Morgan fingerprint density at radius 3 is 2.89 bits per heavy atom. The first kappa shape index (κ1) is 12.6. The molecule has 1 aliphatic carbocycles. The zero-order valence-corrected chi connectivity index (χ0v) is 11.5. The number of rotatable bonds is 1. The largest absolute Gasteiger partial charge is 0.390 e. The average Bonchev–Trinajstić information content (AvgIpc) is 2.67. The molecule has 3 rings (SSSR count). The van der Waals surface area contributed by atoms with E-state index in [1.807, 2.05) is 0 Å². The summed E-state index contributed by atoms with van der Waals surface area (Å²) < 4.78 is 27.3. The Morgan fingerprint density at radius 1 is 1.32 bits per heavy atom. The summed E-state index contributed by atoms with van der Waals surface area (Å²) in [5.41, 5.74) is 8.17. The third-order valence-corrected chi connectivity index (χ3v) is 4.82.